The van der Waals surface area contributed by atoms with E-state index in [9.17, 15) is 4.79 Å². The molecule has 0 bridgehead atoms. The molecule has 3 aromatic rings. The molecule has 1 heterocycles. The zero-order chi connectivity index (χ0) is 18.1. The van der Waals surface area contributed by atoms with Crippen molar-refractivity contribution in [3.63, 3.8) is 0 Å². The van der Waals surface area contributed by atoms with E-state index < -0.39 is 0 Å². The van der Waals surface area contributed by atoms with Crippen molar-refractivity contribution in [2.75, 3.05) is 12.0 Å². The van der Waals surface area contributed by atoms with Crippen LogP contribution in [0.4, 0.5) is 17.1 Å². The average Bonchev–Trinajstić information content (AvgIpc) is 2.71. The van der Waals surface area contributed by atoms with Crippen LogP contribution in [-0.2, 0) is 0 Å². The molecule has 126 valence electrons. The molecule has 3 aromatic carbocycles. The maximum Gasteiger partial charge on any atom is 0.262 e. The highest BCUT2D eigenvalue weighted by Gasteiger charge is 2.29. The summed E-state index contributed by atoms with van der Waals surface area (Å²) in [6.07, 6.45) is 0. The summed E-state index contributed by atoms with van der Waals surface area (Å²) >= 11 is 1.61. The minimum atomic E-state index is -0.135. The molecule has 0 N–H and O–H groups in total. The van der Waals surface area contributed by atoms with Crippen molar-refractivity contribution in [1.82, 2.24) is 0 Å². The van der Waals surface area contributed by atoms with Gasteiger partial charge >= 0.3 is 0 Å². The Hall–Kier alpha value is -3.23. The van der Waals surface area contributed by atoms with Crippen molar-refractivity contribution in [3.8, 4) is 5.75 Å². The standard InChI is InChI=1S/C21H14N2O2S/c1-22-15-9-12-20-18(13-15)23(17-5-3-4-6-19(17)26-20)21(24)14-7-10-16(25-2)11-8-14/h3-13H,2H3. The molecule has 0 aliphatic carbocycles. The average molecular weight is 358 g/mol. The Bertz CT molecular complexity index is 1040. The summed E-state index contributed by atoms with van der Waals surface area (Å²) in [5, 5.41) is 0. The third kappa shape index (κ3) is 2.71. The number of anilines is 2. The van der Waals surface area contributed by atoms with Gasteiger partial charge in [0.25, 0.3) is 5.91 Å². The molecule has 0 unspecified atom stereocenters. The van der Waals surface area contributed by atoms with E-state index in [0.29, 0.717) is 17.0 Å². The van der Waals surface area contributed by atoms with Crippen LogP contribution in [0.5, 0.6) is 5.75 Å². The number of amides is 1. The van der Waals surface area contributed by atoms with Gasteiger partial charge in [-0.15, -0.1) is 0 Å². The molecule has 0 radical (unpaired) electrons. The number of methoxy groups -OCH3 is 1. The van der Waals surface area contributed by atoms with E-state index in [1.807, 2.05) is 30.3 Å². The van der Waals surface area contributed by atoms with Crippen LogP contribution in [0.25, 0.3) is 4.85 Å². The predicted molar refractivity (Wildman–Crippen MR) is 103 cm³/mol. The highest BCUT2D eigenvalue weighted by atomic mass is 32.2. The Morgan fingerprint density at radius 1 is 1.00 bits per heavy atom. The zero-order valence-electron chi connectivity index (χ0n) is 14.0. The van der Waals surface area contributed by atoms with Crippen molar-refractivity contribution < 1.29 is 9.53 Å². The molecule has 0 saturated carbocycles. The summed E-state index contributed by atoms with van der Waals surface area (Å²) in [6, 6.07) is 20.3. The molecule has 1 aliphatic heterocycles. The third-order valence-electron chi connectivity index (χ3n) is 4.18. The lowest BCUT2D eigenvalue weighted by Crippen LogP contribution is -2.28. The third-order valence-corrected chi connectivity index (χ3v) is 5.31. The summed E-state index contributed by atoms with van der Waals surface area (Å²) in [6.45, 7) is 7.29. The molecule has 4 rings (SSSR count). The first-order chi connectivity index (χ1) is 12.7. The van der Waals surface area contributed by atoms with Crippen molar-refractivity contribution in [2.45, 2.75) is 9.79 Å². The van der Waals surface area contributed by atoms with E-state index in [1.165, 1.54) is 0 Å². The number of ether oxygens (including phenoxy) is 1. The van der Waals surface area contributed by atoms with Gasteiger partial charge in [0, 0.05) is 15.4 Å². The van der Waals surface area contributed by atoms with E-state index in [4.69, 9.17) is 11.3 Å². The molecule has 1 amide bonds. The fourth-order valence-electron chi connectivity index (χ4n) is 2.89. The van der Waals surface area contributed by atoms with Gasteiger partial charge in [-0.2, -0.15) is 0 Å². The molecule has 0 saturated heterocycles. The highest BCUT2D eigenvalue weighted by Crippen LogP contribution is 2.49. The largest absolute Gasteiger partial charge is 0.497 e. The normalized spacial score (nSPS) is 11.9. The SMILES string of the molecule is [C-]#[N+]c1ccc2c(c1)N(C(=O)c1ccc(OC)cc1)c1ccccc1S2. The molecule has 1 aliphatic rings. The van der Waals surface area contributed by atoms with E-state index in [-0.39, 0.29) is 5.91 Å². The van der Waals surface area contributed by atoms with Gasteiger partial charge in [-0.3, -0.25) is 9.69 Å². The molecule has 4 nitrogen and oxygen atoms in total. The molecular weight excluding hydrogens is 344 g/mol. The maximum atomic E-state index is 13.3. The second-order valence-corrected chi connectivity index (χ2v) is 6.79. The number of nitrogens with zero attached hydrogens (tertiary/aromatic N) is 2. The molecule has 26 heavy (non-hydrogen) atoms. The number of fused-ring (bicyclic) bond motifs is 2. The van der Waals surface area contributed by atoms with Gasteiger partial charge < -0.3 is 4.74 Å². The summed E-state index contributed by atoms with van der Waals surface area (Å²) in [5.74, 6) is 0.565. The number of carbonyl (C=O) groups excluding carboxylic acids is 1. The minimum absolute atomic E-state index is 0.135. The molecule has 5 heteroatoms. The van der Waals surface area contributed by atoms with E-state index in [1.54, 1.807) is 60.2 Å². The fourth-order valence-corrected chi connectivity index (χ4v) is 3.93. The van der Waals surface area contributed by atoms with Crippen LogP contribution >= 0.6 is 11.8 Å². The Labute approximate surface area is 155 Å². The van der Waals surface area contributed by atoms with Gasteiger partial charge in [-0.25, -0.2) is 4.85 Å². The van der Waals surface area contributed by atoms with Crippen molar-refractivity contribution >= 4 is 34.7 Å². The van der Waals surface area contributed by atoms with Crippen LogP contribution in [0, 0.1) is 6.57 Å². The second kappa shape index (κ2) is 6.58. The lowest BCUT2D eigenvalue weighted by Gasteiger charge is -2.31. The number of para-hydroxylation sites is 1. The van der Waals surface area contributed by atoms with Crippen LogP contribution in [0.1, 0.15) is 10.4 Å². The lowest BCUT2D eigenvalue weighted by molar-refractivity contribution is 0.0998. The minimum Gasteiger partial charge on any atom is -0.497 e. The van der Waals surface area contributed by atoms with E-state index in [2.05, 4.69) is 4.85 Å². The van der Waals surface area contributed by atoms with Crippen molar-refractivity contribution in [1.29, 1.82) is 0 Å². The summed E-state index contributed by atoms with van der Waals surface area (Å²) in [4.78, 5) is 20.5. The molecule has 0 aromatic heterocycles. The zero-order valence-corrected chi connectivity index (χ0v) is 14.8. The Kier molecular flexibility index (Phi) is 4.11. The number of rotatable bonds is 2. The van der Waals surface area contributed by atoms with E-state index in [0.717, 1.165) is 21.2 Å². The number of carbonyl (C=O) groups is 1. The number of hydrogen-bond acceptors (Lipinski definition) is 3. The van der Waals surface area contributed by atoms with E-state index >= 15 is 0 Å². The quantitative estimate of drug-likeness (QED) is 0.552. The van der Waals surface area contributed by atoms with Gasteiger partial charge in [0.05, 0.1) is 25.1 Å². The Morgan fingerprint density at radius 3 is 2.46 bits per heavy atom. The second-order valence-electron chi connectivity index (χ2n) is 5.70. The number of hydrogen-bond donors (Lipinski definition) is 0. The fraction of sp³-hybridized carbons (Fsp3) is 0.0476. The monoisotopic (exact) mass is 358 g/mol. The van der Waals surface area contributed by atoms with Gasteiger partial charge in [-0.1, -0.05) is 36.0 Å². The first-order valence-electron chi connectivity index (χ1n) is 7.98. The number of benzene rings is 3. The molecular formula is C21H14N2O2S. The first-order valence-corrected chi connectivity index (χ1v) is 8.80. The predicted octanol–water partition coefficient (Wildman–Crippen LogP) is 5.69. The summed E-state index contributed by atoms with van der Waals surface area (Å²) in [5.41, 5.74) is 2.64. The van der Waals surface area contributed by atoms with Gasteiger partial charge in [0.1, 0.15) is 5.75 Å². The van der Waals surface area contributed by atoms with Crippen LogP contribution in [-0.4, -0.2) is 13.0 Å². The topological polar surface area (TPSA) is 33.9 Å². The first kappa shape index (κ1) is 16.2. The lowest BCUT2D eigenvalue weighted by atomic mass is 10.1. The van der Waals surface area contributed by atoms with Gasteiger partial charge in [0.2, 0.25) is 0 Å². The van der Waals surface area contributed by atoms with Crippen molar-refractivity contribution in [3.05, 3.63) is 83.7 Å². The van der Waals surface area contributed by atoms with Gasteiger partial charge in [-0.05, 0) is 42.5 Å². The van der Waals surface area contributed by atoms with Crippen LogP contribution < -0.4 is 9.64 Å². The summed E-state index contributed by atoms with van der Waals surface area (Å²) < 4.78 is 5.18. The van der Waals surface area contributed by atoms with Gasteiger partial charge in [0.15, 0.2) is 5.69 Å². The Morgan fingerprint density at radius 2 is 1.73 bits per heavy atom. The smallest absolute Gasteiger partial charge is 0.262 e. The Balaban J connectivity index is 1.86. The molecule has 0 spiro atoms. The summed E-state index contributed by atoms with van der Waals surface area (Å²) in [7, 11) is 1.59. The van der Waals surface area contributed by atoms with Crippen LogP contribution in [0.2, 0.25) is 0 Å². The van der Waals surface area contributed by atoms with Crippen LogP contribution in [0.15, 0.2) is 76.5 Å². The van der Waals surface area contributed by atoms with Crippen LogP contribution in [0.3, 0.4) is 0 Å². The molecule has 0 atom stereocenters. The highest BCUT2D eigenvalue weighted by molar-refractivity contribution is 7.99. The maximum absolute atomic E-state index is 13.3. The van der Waals surface area contributed by atoms with Crippen molar-refractivity contribution in [2.24, 2.45) is 0 Å². The molecule has 0 fully saturated rings.